The lowest BCUT2D eigenvalue weighted by atomic mass is 10.2. The number of amides is 1. The molecule has 2 aliphatic rings. The Hall–Kier alpha value is -1.32. The quantitative estimate of drug-likeness (QED) is 0.717. The number of nitrogens with zero attached hydrogens (tertiary/aromatic N) is 2. The van der Waals surface area contributed by atoms with Crippen LogP contribution in [0.15, 0.2) is 28.9 Å². The van der Waals surface area contributed by atoms with Crippen molar-refractivity contribution in [2.45, 2.75) is 25.7 Å². The van der Waals surface area contributed by atoms with Crippen molar-refractivity contribution in [2.75, 3.05) is 6.54 Å². The first kappa shape index (κ1) is 13.7. The molecule has 2 heterocycles. The van der Waals surface area contributed by atoms with E-state index in [0.29, 0.717) is 15.7 Å². The minimum atomic E-state index is -0.0204. The fraction of sp³-hybridized carbons (Fsp3) is 0.333. The van der Waals surface area contributed by atoms with E-state index in [-0.39, 0.29) is 5.91 Å². The van der Waals surface area contributed by atoms with Crippen molar-refractivity contribution in [2.24, 2.45) is 4.99 Å². The molecule has 0 atom stereocenters. The van der Waals surface area contributed by atoms with Gasteiger partial charge in [-0.3, -0.25) is 9.69 Å². The molecule has 1 aromatic rings. The van der Waals surface area contributed by atoms with Gasteiger partial charge in [0, 0.05) is 23.0 Å². The lowest BCUT2D eigenvalue weighted by Gasteiger charge is -2.14. The monoisotopic (exact) mass is 308 g/mol. The van der Waals surface area contributed by atoms with Gasteiger partial charge in [-0.1, -0.05) is 35.7 Å². The van der Waals surface area contributed by atoms with Crippen LogP contribution in [0.25, 0.3) is 6.08 Å². The van der Waals surface area contributed by atoms with E-state index in [0.717, 1.165) is 43.6 Å². The number of rotatable bonds is 1. The summed E-state index contributed by atoms with van der Waals surface area (Å²) in [4.78, 5) is 18.6. The average Bonchev–Trinajstić information content (AvgIpc) is 2.61. The van der Waals surface area contributed by atoms with Crippen LogP contribution in [0.3, 0.4) is 0 Å². The van der Waals surface area contributed by atoms with Crippen molar-refractivity contribution in [3.05, 3.63) is 39.5 Å². The molecule has 0 aromatic heterocycles. The molecule has 3 rings (SSSR count). The zero-order valence-electron chi connectivity index (χ0n) is 10.9. The molecule has 104 valence electrons. The molecule has 1 saturated heterocycles. The Kier molecular flexibility index (Phi) is 3.81. The minimum Gasteiger partial charge on any atom is -0.295 e. The number of carbonyl (C=O) groups is 1. The summed E-state index contributed by atoms with van der Waals surface area (Å²) in [5, 5.41) is 1.11. The van der Waals surface area contributed by atoms with E-state index >= 15 is 0 Å². The number of fused-ring (bicyclic) bond motifs is 1. The Morgan fingerprint density at radius 1 is 1.20 bits per heavy atom. The number of carbonyl (C=O) groups excluding carboxylic acids is 1. The molecule has 0 N–H and O–H groups in total. The fourth-order valence-corrected chi connectivity index (χ4v) is 2.98. The third-order valence-corrected chi connectivity index (χ3v) is 4.12. The van der Waals surface area contributed by atoms with Crippen LogP contribution < -0.4 is 0 Å². The Labute approximate surface area is 127 Å². The average molecular weight is 309 g/mol. The van der Waals surface area contributed by atoms with Crippen LogP contribution in [0.1, 0.15) is 31.2 Å². The number of hydrogen-bond donors (Lipinski definition) is 0. The van der Waals surface area contributed by atoms with Gasteiger partial charge in [0.15, 0.2) is 0 Å². The van der Waals surface area contributed by atoms with E-state index in [1.807, 2.05) is 0 Å². The maximum absolute atomic E-state index is 12.3. The Balaban J connectivity index is 1.94. The van der Waals surface area contributed by atoms with E-state index in [9.17, 15) is 4.79 Å². The smallest absolute Gasteiger partial charge is 0.277 e. The van der Waals surface area contributed by atoms with Crippen molar-refractivity contribution in [1.82, 2.24) is 4.90 Å². The molecule has 20 heavy (non-hydrogen) atoms. The van der Waals surface area contributed by atoms with Gasteiger partial charge in [0.1, 0.15) is 11.5 Å². The molecule has 0 spiro atoms. The minimum absolute atomic E-state index is 0.0204. The van der Waals surface area contributed by atoms with Crippen LogP contribution in [0.5, 0.6) is 0 Å². The van der Waals surface area contributed by atoms with Gasteiger partial charge in [0.25, 0.3) is 5.91 Å². The third-order valence-electron chi connectivity index (χ3n) is 3.56. The van der Waals surface area contributed by atoms with Crippen molar-refractivity contribution in [1.29, 1.82) is 0 Å². The number of benzene rings is 1. The van der Waals surface area contributed by atoms with Crippen molar-refractivity contribution in [3.63, 3.8) is 0 Å². The lowest BCUT2D eigenvalue weighted by molar-refractivity contribution is -0.122. The Bertz CT molecular complexity index is 622. The molecule has 5 heteroatoms. The molecular weight excluding hydrogens is 295 g/mol. The molecule has 1 aromatic carbocycles. The van der Waals surface area contributed by atoms with E-state index in [1.165, 1.54) is 0 Å². The highest BCUT2D eigenvalue weighted by Gasteiger charge is 2.30. The first-order valence-electron chi connectivity index (χ1n) is 6.71. The molecule has 0 saturated carbocycles. The maximum Gasteiger partial charge on any atom is 0.277 e. The second kappa shape index (κ2) is 5.58. The largest absolute Gasteiger partial charge is 0.295 e. The number of halogens is 2. The van der Waals surface area contributed by atoms with E-state index < -0.39 is 0 Å². The molecule has 1 fully saturated rings. The highest BCUT2D eigenvalue weighted by molar-refractivity contribution is 6.35. The zero-order chi connectivity index (χ0) is 14.1. The van der Waals surface area contributed by atoms with Gasteiger partial charge in [-0.05, 0) is 36.6 Å². The topological polar surface area (TPSA) is 32.7 Å². The molecule has 0 aliphatic carbocycles. The van der Waals surface area contributed by atoms with Gasteiger partial charge in [-0.15, -0.1) is 0 Å². The summed E-state index contributed by atoms with van der Waals surface area (Å²) in [6.45, 7) is 0.767. The van der Waals surface area contributed by atoms with Gasteiger partial charge < -0.3 is 0 Å². The van der Waals surface area contributed by atoms with Gasteiger partial charge in [0.2, 0.25) is 0 Å². The first-order valence-corrected chi connectivity index (χ1v) is 7.47. The zero-order valence-corrected chi connectivity index (χ0v) is 12.4. The van der Waals surface area contributed by atoms with Crippen LogP contribution in [-0.2, 0) is 4.79 Å². The standard InChI is InChI=1S/C15H14Cl2N2O/c16-11-6-5-10(12(17)9-11)8-13-15(20)19-7-3-1-2-4-14(19)18-13/h5-6,8-9H,1-4,7H2/b13-8-. The summed E-state index contributed by atoms with van der Waals surface area (Å²) in [7, 11) is 0. The van der Waals surface area contributed by atoms with Crippen molar-refractivity contribution < 1.29 is 4.79 Å². The highest BCUT2D eigenvalue weighted by Crippen LogP contribution is 2.27. The second-order valence-corrected chi connectivity index (χ2v) is 5.83. The van der Waals surface area contributed by atoms with Crippen LogP contribution >= 0.6 is 23.2 Å². The van der Waals surface area contributed by atoms with Gasteiger partial charge in [-0.25, -0.2) is 4.99 Å². The van der Waals surface area contributed by atoms with Crippen LogP contribution in [-0.4, -0.2) is 23.2 Å². The summed E-state index contributed by atoms with van der Waals surface area (Å²) >= 11 is 12.0. The van der Waals surface area contributed by atoms with Crippen molar-refractivity contribution in [3.8, 4) is 0 Å². The van der Waals surface area contributed by atoms with Crippen LogP contribution in [0.4, 0.5) is 0 Å². The van der Waals surface area contributed by atoms with Gasteiger partial charge in [0.05, 0.1) is 0 Å². The first-order chi connectivity index (χ1) is 9.65. The molecule has 0 unspecified atom stereocenters. The van der Waals surface area contributed by atoms with Gasteiger partial charge in [-0.2, -0.15) is 0 Å². The van der Waals surface area contributed by atoms with E-state index in [4.69, 9.17) is 23.2 Å². The number of hydrogen-bond acceptors (Lipinski definition) is 2. The predicted octanol–water partition coefficient (Wildman–Crippen LogP) is 4.15. The normalized spacial score (nSPS) is 20.9. The molecule has 0 radical (unpaired) electrons. The lowest BCUT2D eigenvalue weighted by Crippen LogP contribution is -2.31. The van der Waals surface area contributed by atoms with Crippen LogP contribution in [0.2, 0.25) is 10.0 Å². The van der Waals surface area contributed by atoms with Gasteiger partial charge >= 0.3 is 0 Å². The van der Waals surface area contributed by atoms with Crippen LogP contribution in [0, 0.1) is 0 Å². The summed E-state index contributed by atoms with van der Waals surface area (Å²) in [5.74, 6) is 0.872. The summed E-state index contributed by atoms with van der Waals surface area (Å²) in [6, 6.07) is 5.22. The van der Waals surface area contributed by atoms with Crippen molar-refractivity contribution >= 4 is 41.0 Å². The summed E-state index contributed by atoms with van der Waals surface area (Å²) in [6.07, 6.45) is 5.90. The second-order valence-electron chi connectivity index (χ2n) is 4.99. The molecule has 0 bridgehead atoms. The molecule has 1 amide bonds. The van der Waals surface area contributed by atoms with E-state index in [2.05, 4.69) is 4.99 Å². The summed E-state index contributed by atoms with van der Waals surface area (Å²) < 4.78 is 0. The van der Waals surface area contributed by atoms with E-state index in [1.54, 1.807) is 29.2 Å². The summed E-state index contributed by atoms with van der Waals surface area (Å²) in [5.41, 5.74) is 1.23. The Morgan fingerprint density at radius 2 is 2.05 bits per heavy atom. The molecule has 2 aliphatic heterocycles. The molecular formula is C15H14Cl2N2O. The molecule has 3 nitrogen and oxygen atoms in total. The fourth-order valence-electron chi connectivity index (χ4n) is 2.51. The predicted molar refractivity (Wildman–Crippen MR) is 82.1 cm³/mol. The SMILES string of the molecule is O=C1/C(=C/c2ccc(Cl)cc2Cl)N=C2CCCCCN12. The maximum atomic E-state index is 12.3. The number of amidine groups is 1. The highest BCUT2D eigenvalue weighted by atomic mass is 35.5. The Morgan fingerprint density at radius 3 is 2.85 bits per heavy atom. The third kappa shape index (κ3) is 2.60. The number of aliphatic imine (C=N–C) groups is 1.